The van der Waals surface area contributed by atoms with E-state index in [0.717, 1.165) is 42.0 Å². The molecule has 1 fully saturated rings. The smallest absolute Gasteiger partial charge is 0.349 e. The Morgan fingerprint density at radius 3 is 2.45 bits per heavy atom. The van der Waals surface area contributed by atoms with Gasteiger partial charge in [0.05, 0.1) is 17.1 Å². The number of nitrogens with one attached hydrogen (secondary N) is 2. The first-order valence-electron chi connectivity index (χ1n) is 9.89. The highest BCUT2D eigenvalue weighted by molar-refractivity contribution is 6.01. The number of carbonyl (C=O) groups excluding carboxylic acids is 2. The summed E-state index contributed by atoms with van der Waals surface area (Å²) >= 11 is 0. The molecule has 162 valence electrons. The van der Waals surface area contributed by atoms with E-state index in [1.54, 1.807) is 0 Å². The summed E-state index contributed by atoms with van der Waals surface area (Å²) in [6.45, 7) is 0.756. The zero-order chi connectivity index (χ0) is 22.2. The molecule has 0 aliphatic carbocycles. The third-order valence-corrected chi connectivity index (χ3v) is 5.60. The van der Waals surface area contributed by atoms with Gasteiger partial charge in [-0.25, -0.2) is 4.98 Å². The maximum Gasteiger partial charge on any atom is 0.454 e. The van der Waals surface area contributed by atoms with Crippen LogP contribution in [0.4, 0.5) is 13.2 Å². The van der Waals surface area contributed by atoms with E-state index in [-0.39, 0.29) is 23.6 Å². The molecule has 9 heteroatoms. The van der Waals surface area contributed by atoms with Gasteiger partial charge in [-0.2, -0.15) is 13.2 Å². The third kappa shape index (κ3) is 4.46. The summed E-state index contributed by atoms with van der Waals surface area (Å²) in [5, 5.41) is 2.95. The highest BCUT2D eigenvalue weighted by Crippen LogP contribution is 2.29. The van der Waals surface area contributed by atoms with E-state index in [9.17, 15) is 22.8 Å². The summed E-state index contributed by atoms with van der Waals surface area (Å²) < 4.78 is 37.6. The minimum absolute atomic E-state index is 0.00164. The molecule has 1 aromatic heterocycles. The van der Waals surface area contributed by atoms with Gasteiger partial charge in [-0.3, -0.25) is 14.5 Å². The van der Waals surface area contributed by atoms with Crippen LogP contribution < -0.4 is 5.32 Å². The molecule has 6 nitrogen and oxygen atoms in total. The Kier molecular flexibility index (Phi) is 5.53. The number of aromatic nitrogens is 2. The van der Waals surface area contributed by atoms with Crippen LogP contribution in [0.5, 0.6) is 0 Å². The first kappa shape index (κ1) is 21.0. The number of hydrogen-bond donors (Lipinski definition) is 2. The largest absolute Gasteiger partial charge is 0.454 e. The third-order valence-electron chi connectivity index (χ3n) is 5.60. The van der Waals surface area contributed by atoms with E-state index >= 15 is 0 Å². The van der Waals surface area contributed by atoms with Crippen LogP contribution in [0.3, 0.4) is 0 Å². The quantitative estimate of drug-likeness (QED) is 0.616. The number of para-hydroxylation sites is 2. The summed E-state index contributed by atoms with van der Waals surface area (Å²) in [6.07, 6.45) is -3.56. The number of ketones is 1. The lowest BCUT2D eigenvalue weighted by Gasteiger charge is -2.36. The summed E-state index contributed by atoms with van der Waals surface area (Å²) in [5.74, 6) is -1.48. The number of rotatable bonds is 4. The topological polar surface area (TPSA) is 78.1 Å². The predicted molar refractivity (Wildman–Crippen MR) is 109 cm³/mol. The Bertz CT molecular complexity index is 1070. The molecule has 1 aliphatic rings. The number of fused-ring (bicyclic) bond motifs is 1. The van der Waals surface area contributed by atoms with E-state index in [2.05, 4.69) is 20.2 Å². The Morgan fingerprint density at radius 2 is 1.77 bits per heavy atom. The van der Waals surface area contributed by atoms with Gasteiger partial charge in [-0.05, 0) is 44.2 Å². The van der Waals surface area contributed by atoms with Crippen LogP contribution in [0, 0.1) is 0 Å². The average Bonchev–Trinajstić information content (AvgIpc) is 3.18. The van der Waals surface area contributed by atoms with Gasteiger partial charge in [-0.1, -0.05) is 24.3 Å². The van der Waals surface area contributed by atoms with E-state index in [4.69, 9.17) is 0 Å². The zero-order valence-corrected chi connectivity index (χ0v) is 16.7. The number of halogens is 3. The van der Waals surface area contributed by atoms with Crippen LogP contribution >= 0.6 is 0 Å². The summed E-state index contributed by atoms with van der Waals surface area (Å²) in [5.41, 5.74) is 1.54. The summed E-state index contributed by atoms with van der Waals surface area (Å²) in [7, 11) is 2.01. The van der Waals surface area contributed by atoms with Crippen molar-refractivity contribution in [1.82, 2.24) is 20.2 Å². The van der Waals surface area contributed by atoms with Gasteiger partial charge in [0.1, 0.15) is 5.82 Å². The van der Waals surface area contributed by atoms with Crippen LogP contribution in [-0.2, 0) is 0 Å². The lowest BCUT2D eigenvalue weighted by molar-refractivity contribution is -0.0885. The number of likely N-dealkylation sites (tertiary alicyclic amines) is 1. The highest BCUT2D eigenvalue weighted by Gasteiger charge is 2.39. The number of amides is 1. The first-order chi connectivity index (χ1) is 14.7. The molecule has 0 bridgehead atoms. The number of benzene rings is 2. The molecular formula is C22H21F3N4O2. The number of carbonyl (C=O) groups is 2. The van der Waals surface area contributed by atoms with Crippen molar-refractivity contribution in [3.63, 3.8) is 0 Å². The molecule has 4 rings (SSSR count). The molecule has 1 amide bonds. The van der Waals surface area contributed by atoms with Crippen molar-refractivity contribution in [2.45, 2.75) is 31.1 Å². The van der Waals surface area contributed by atoms with Crippen LogP contribution in [0.25, 0.3) is 11.0 Å². The van der Waals surface area contributed by atoms with Gasteiger partial charge in [-0.15, -0.1) is 0 Å². The van der Waals surface area contributed by atoms with Gasteiger partial charge in [0, 0.05) is 23.7 Å². The van der Waals surface area contributed by atoms with E-state index in [1.165, 1.54) is 12.1 Å². The second kappa shape index (κ2) is 8.14. The number of piperidine rings is 1. The number of imidazole rings is 1. The van der Waals surface area contributed by atoms with Crippen molar-refractivity contribution in [2.24, 2.45) is 0 Å². The van der Waals surface area contributed by atoms with Gasteiger partial charge >= 0.3 is 6.18 Å². The van der Waals surface area contributed by atoms with Crippen LogP contribution in [0.2, 0.25) is 0 Å². The maximum absolute atomic E-state index is 12.6. The second-order valence-electron chi connectivity index (χ2n) is 7.73. The lowest BCUT2D eigenvalue weighted by atomic mass is 9.96. The lowest BCUT2D eigenvalue weighted by Crippen LogP contribution is -2.45. The van der Waals surface area contributed by atoms with Crippen LogP contribution in [0.1, 0.15) is 45.4 Å². The monoisotopic (exact) mass is 430 g/mol. The van der Waals surface area contributed by atoms with Gasteiger partial charge in [0.25, 0.3) is 11.7 Å². The Hall–Kier alpha value is -3.20. The molecule has 2 heterocycles. The fraction of sp³-hybridized carbons (Fsp3) is 0.318. The van der Waals surface area contributed by atoms with Crippen molar-refractivity contribution in [3.8, 4) is 0 Å². The van der Waals surface area contributed by atoms with Gasteiger partial charge in [0.2, 0.25) is 0 Å². The van der Waals surface area contributed by atoms with E-state index in [1.807, 2.05) is 31.3 Å². The van der Waals surface area contributed by atoms with Gasteiger partial charge < -0.3 is 10.3 Å². The molecular weight excluding hydrogens is 409 g/mol. The first-order valence-corrected chi connectivity index (χ1v) is 9.89. The molecule has 31 heavy (non-hydrogen) atoms. The van der Waals surface area contributed by atoms with Crippen molar-refractivity contribution in [3.05, 3.63) is 65.5 Å². The van der Waals surface area contributed by atoms with Crippen molar-refractivity contribution < 1.29 is 22.8 Å². The van der Waals surface area contributed by atoms with Crippen molar-refractivity contribution in [2.75, 3.05) is 13.6 Å². The molecule has 1 aliphatic heterocycles. The summed E-state index contributed by atoms with van der Waals surface area (Å²) in [6, 6.07) is 12.2. The SMILES string of the molecule is CN1CCC(NC(=O)c2ccc(C(=O)C(F)(F)F)cc2)C[C@@H]1c1nc2ccccc2[nH]1. The molecule has 0 radical (unpaired) electrons. The minimum atomic E-state index is -4.94. The fourth-order valence-corrected chi connectivity index (χ4v) is 3.87. The molecule has 0 spiro atoms. The Labute approximate surface area is 176 Å². The normalized spacial score (nSPS) is 20.0. The molecule has 1 saturated heterocycles. The number of Topliss-reactive ketones (excluding diaryl/α,β-unsaturated/α-hetero) is 1. The number of aromatic amines is 1. The van der Waals surface area contributed by atoms with Gasteiger partial charge in [0.15, 0.2) is 0 Å². The fourth-order valence-electron chi connectivity index (χ4n) is 3.87. The number of nitrogens with zero attached hydrogens (tertiary/aromatic N) is 2. The number of H-pyrrole nitrogens is 1. The van der Waals surface area contributed by atoms with Crippen LogP contribution in [-0.4, -0.2) is 52.4 Å². The average molecular weight is 430 g/mol. The predicted octanol–water partition coefficient (Wildman–Crippen LogP) is 3.87. The molecule has 2 atom stereocenters. The number of hydrogen-bond acceptors (Lipinski definition) is 4. The molecule has 0 saturated carbocycles. The maximum atomic E-state index is 12.6. The van der Waals surface area contributed by atoms with E-state index < -0.39 is 17.5 Å². The standard InChI is InChI=1S/C22H21F3N4O2/c1-29-11-10-15(12-18(29)20-27-16-4-2-3-5-17(16)28-20)26-21(31)14-8-6-13(7-9-14)19(30)22(23,24)25/h2-9,15,18H,10-12H2,1H3,(H,26,31)(H,27,28)/t15?,18-/m1/s1. The van der Waals surface area contributed by atoms with E-state index in [0.29, 0.717) is 6.42 Å². The Balaban J connectivity index is 1.44. The highest BCUT2D eigenvalue weighted by atomic mass is 19.4. The summed E-state index contributed by atoms with van der Waals surface area (Å²) in [4.78, 5) is 34.1. The number of alkyl halides is 3. The zero-order valence-electron chi connectivity index (χ0n) is 16.7. The molecule has 1 unspecified atom stereocenters. The van der Waals surface area contributed by atoms with Crippen LogP contribution in [0.15, 0.2) is 48.5 Å². The second-order valence-corrected chi connectivity index (χ2v) is 7.73. The molecule has 2 N–H and O–H groups in total. The molecule has 3 aromatic rings. The molecule has 2 aromatic carbocycles. The minimum Gasteiger partial charge on any atom is -0.349 e. The Morgan fingerprint density at radius 1 is 1.10 bits per heavy atom. The van der Waals surface area contributed by atoms with Crippen molar-refractivity contribution >= 4 is 22.7 Å². The van der Waals surface area contributed by atoms with Crippen molar-refractivity contribution in [1.29, 1.82) is 0 Å².